The molecule has 0 radical (unpaired) electrons. The smallest absolute Gasteiger partial charge is 0.340 e. The number of morpholine rings is 1. The molecule has 0 spiro atoms. The highest BCUT2D eigenvalue weighted by atomic mass is 35.5. The Morgan fingerprint density at radius 1 is 1.10 bits per heavy atom. The number of rotatable bonds is 5. The first-order valence-electron chi connectivity index (χ1n) is 18.2. The average molecular weight is 710 g/mol. The third kappa shape index (κ3) is 8.48. The quantitative estimate of drug-likeness (QED) is 0.401. The minimum absolute atomic E-state index is 0.0543. The fraction of sp³-hybridized carbons (Fsp3) is 0.590. The summed E-state index contributed by atoms with van der Waals surface area (Å²) in [5.41, 5.74) is 0.712. The lowest BCUT2D eigenvalue weighted by atomic mass is 9.70. The van der Waals surface area contributed by atoms with Crippen molar-refractivity contribution in [3.8, 4) is 5.75 Å². The number of fused-ring (bicyclic) bond motifs is 3. The van der Waals surface area contributed by atoms with E-state index in [9.17, 15) is 19.8 Å². The molecule has 2 aromatic rings. The predicted molar refractivity (Wildman–Crippen MR) is 193 cm³/mol. The molecule has 3 aliphatic heterocycles. The van der Waals surface area contributed by atoms with Crippen molar-refractivity contribution in [3.63, 3.8) is 0 Å². The lowest BCUT2D eigenvalue weighted by Gasteiger charge is -2.44. The summed E-state index contributed by atoms with van der Waals surface area (Å²) in [7, 11) is 1.65. The van der Waals surface area contributed by atoms with Crippen molar-refractivity contribution >= 4 is 29.2 Å². The number of carbonyl (C=O) groups is 2. The van der Waals surface area contributed by atoms with Gasteiger partial charge in [0.2, 0.25) is 5.91 Å². The fourth-order valence-electron chi connectivity index (χ4n) is 7.73. The molecule has 11 heteroatoms. The van der Waals surface area contributed by atoms with Crippen LogP contribution < -0.4 is 9.64 Å². The average Bonchev–Trinajstić information content (AvgIpc) is 3.11. The minimum atomic E-state index is -2.40. The number of carboxylic acid groups (broad SMARTS) is 1. The molecule has 50 heavy (non-hydrogen) atoms. The molecular formula is C39H52ClN3O7. The van der Waals surface area contributed by atoms with Gasteiger partial charge in [-0.2, -0.15) is 0 Å². The SMILES string of the molecule is C[C@@H]1COCCN1CCO[C@H]1/C=C/CCN(C)C(=O)C[C@](O)(C(=O)O)c2ccc3c(c2)N(CCCCc2cc(Cl)ccc2CO3)C[C@@H]2CC[C@H]21. The summed E-state index contributed by atoms with van der Waals surface area (Å²) in [5.74, 6) is -0.631. The van der Waals surface area contributed by atoms with Crippen LogP contribution in [0.25, 0.3) is 0 Å². The number of aryl methyl sites for hydroxylation is 1. The van der Waals surface area contributed by atoms with Crippen LogP contribution in [0.15, 0.2) is 48.6 Å². The summed E-state index contributed by atoms with van der Waals surface area (Å²) >= 11 is 6.37. The first kappa shape index (κ1) is 36.6. The molecule has 3 heterocycles. The maximum Gasteiger partial charge on any atom is 0.340 e. The molecule has 1 amide bonds. The van der Waals surface area contributed by atoms with Crippen LogP contribution in [0, 0.1) is 11.8 Å². The summed E-state index contributed by atoms with van der Waals surface area (Å²) in [6, 6.07) is 11.3. The number of aliphatic carboxylic acids is 1. The second-order valence-corrected chi connectivity index (χ2v) is 14.9. The van der Waals surface area contributed by atoms with Gasteiger partial charge in [-0.15, -0.1) is 0 Å². The van der Waals surface area contributed by atoms with Crippen LogP contribution >= 0.6 is 11.6 Å². The van der Waals surface area contributed by atoms with Gasteiger partial charge in [0.25, 0.3) is 0 Å². The van der Waals surface area contributed by atoms with E-state index >= 15 is 0 Å². The summed E-state index contributed by atoms with van der Waals surface area (Å²) in [4.78, 5) is 32.3. The van der Waals surface area contributed by atoms with E-state index in [2.05, 4.69) is 28.9 Å². The molecule has 0 aromatic heterocycles. The number of hydrogen-bond donors (Lipinski definition) is 2. The Morgan fingerprint density at radius 3 is 2.74 bits per heavy atom. The standard InChI is InChI=1S/C39H52ClN3O7/c1-27-25-48-19-17-42(27)18-20-49-35-8-4-5-15-41(2)37(44)23-39(47,38(45)46)31-11-14-36-34(22-31)43(24-29-10-13-33(29)35)16-6-3-7-28-21-32(40)12-9-30(28)26-50-36/h4,8-9,11-12,14,21-22,27,29,33,35,47H,3,5-7,10,13,15-20,23-26H2,1-2H3,(H,45,46)/b8-4+/t27-,29+,33-,35+,39-/m1/s1. The zero-order valence-corrected chi connectivity index (χ0v) is 30.2. The molecule has 1 saturated heterocycles. The molecule has 2 aromatic carbocycles. The van der Waals surface area contributed by atoms with E-state index in [1.165, 1.54) is 4.90 Å². The number of ether oxygens (including phenoxy) is 3. The van der Waals surface area contributed by atoms with Crippen LogP contribution in [0.3, 0.4) is 0 Å². The minimum Gasteiger partial charge on any atom is -0.487 e. The Bertz CT molecular complexity index is 1540. The highest BCUT2D eigenvalue weighted by molar-refractivity contribution is 6.30. The van der Waals surface area contributed by atoms with Crippen LogP contribution in [0.5, 0.6) is 5.75 Å². The molecule has 10 nitrogen and oxygen atoms in total. The van der Waals surface area contributed by atoms with Gasteiger partial charge in [0.15, 0.2) is 5.60 Å². The van der Waals surface area contributed by atoms with Crippen molar-refractivity contribution < 1.29 is 34.0 Å². The molecule has 5 atom stereocenters. The van der Waals surface area contributed by atoms with Crippen LogP contribution in [-0.2, 0) is 37.7 Å². The number of aliphatic hydroxyl groups is 1. The third-order valence-corrected chi connectivity index (χ3v) is 11.4. The van der Waals surface area contributed by atoms with Gasteiger partial charge < -0.3 is 34.2 Å². The van der Waals surface area contributed by atoms with E-state index in [0.717, 1.165) is 88.3 Å². The number of amides is 1. The fourth-order valence-corrected chi connectivity index (χ4v) is 7.93. The lowest BCUT2D eigenvalue weighted by Crippen LogP contribution is -2.47. The lowest BCUT2D eigenvalue weighted by molar-refractivity contribution is -0.164. The number of carboxylic acids is 1. The largest absolute Gasteiger partial charge is 0.487 e. The third-order valence-electron chi connectivity index (χ3n) is 11.1. The van der Waals surface area contributed by atoms with E-state index < -0.39 is 23.9 Å². The number of halogens is 1. The van der Waals surface area contributed by atoms with Crippen LogP contribution in [-0.4, -0.2) is 104 Å². The monoisotopic (exact) mass is 709 g/mol. The first-order chi connectivity index (χ1) is 24.1. The Kier molecular flexibility index (Phi) is 12.1. The van der Waals surface area contributed by atoms with Crippen molar-refractivity contribution in [3.05, 3.63) is 70.3 Å². The Balaban J connectivity index is 1.33. The predicted octanol–water partition coefficient (Wildman–Crippen LogP) is 5.27. The Labute approximate surface area is 300 Å². The van der Waals surface area contributed by atoms with Crippen LogP contribution in [0.4, 0.5) is 5.69 Å². The number of hydrogen-bond acceptors (Lipinski definition) is 8. The summed E-state index contributed by atoms with van der Waals surface area (Å²) < 4.78 is 18.8. The van der Waals surface area contributed by atoms with Gasteiger partial charge in [-0.1, -0.05) is 35.9 Å². The number of anilines is 1. The molecule has 0 unspecified atom stereocenters. The van der Waals surface area contributed by atoms with E-state index in [0.29, 0.717) is 54.8 Å². The molecular weight excluding hydrogens is 658 g/mol. The molecule has 4 aliphatic rings. The zero-order valence-electron chi connectivity index (χ0n) is 29.4. The first-order valence-corrected chi connectivity index (χ1v) is 18.6. The normalized spacial score (nSPS) is 29.1. The second kappa shape index (κ2) is 16.5. The summed E-state index contributed by atoms with van der Waals surface area (Å²) in [5, 5.41) is 22.7. The van der Waals surface area contributed by atoms with Gasteiger partial charge >= 0.3 is 5.97 Å². The van der Waals surface area contributed by atoms with Crippen molar-refractivity contribution in [2.45, 2.75) is 76.2 Å². The van der Waals surface area contributed by atoms with Crippen LogP contribution in [0.1, 0.15) is 62.1 Å². The summed E-state index contributed by atoms with van der Waals surface area (Å²) in [6.45, 7) is 8.26. The maximum atomic E-state index is 13.4. The van der Waals surface area contributed by atoms with Gasteiger partial charge in [0, 0.05) is 50.8 Å². The number of benzene rings is 2. The Morgan fingerprint density at radius 2 is 1.96 bits per heavy atom. The van der Waals surface area contributed by atoms with E-state index in [4.69, 9.17) is 25.8 Å². The summed E-state index contributed by atoms with van der Waals surface area (Å²) in [6.07, 6.45) is 9.05. The van der Waals surface area contributed by atoms with Crippen molar-refractivity contribution in [1.29, 1.82) is 0 Å². The molecule has 2 N–H and O–H groups in total. The van der Waals surface area contributed by atoms with Gasteiger partial charge in [-0.05, 0) is 98.2 Å². The van der Waals surface area contributed by atoms with Crippen molar-refractivity contribution in [2.24, 2.45) is 11.8 Å². The molecule has 272 valence electrons. The van der Waals surface area contributed by atoms with Gasteiger partial charge in [0.1, 0.15) is 12.4 Å². The van der Waals surface area contributed by atoms with Crippen molar-refractivity contribution in [1.82, 2.24) is 9.80 Å². The zero-order chi connectivity index (χ0) is 35.3. The second-order valence-electron chi connectivity index (χ2n) is 14.5. The maximum absolute atomic E-state index is 13.4. The van der Waals surface area contributed by atoms with Crippen LogP contribution in [0.2, 0.25) is 5.02 Å². The van der Waals surface area contributed by atoms with E-state index in [-0.39, 0.29) is 11.7 Å². The highest BCUT2D eigenvalue weighted by Crippen LogP contribution is 2.43. The van der Waals surface area contributed by atoms with E-state index in [1.54, 1.807) is 25.2 Å². The van der Waals surface area contributed by atoms with Gasteiger partial charge in [0.05, 0.1) is 38.0 Å². The molecule has 1 aliphatic carbocycles. The number of carbonyl (C=O) groups excluding carboxylic acids is 1. The van der Waals surface area contributed by atoms with Gasteiger partial charge in [-0.25, -0.2) is 4.79 Å². The molecule has 6 rings (SSSR count). The topological polar surface area (TPSA) is 112 Å². The highest BCUT2D eigenvalue weighted by Gasteiger charge is 2.43. The molecule has 1 saturated carbocycles. The van der Waals surface area contributed by atoms with Gasteiger partial charge in [-0.3, -0.25) is 9.69 Å². The van der Waals surface area contributed by atoms with Crippen molar-refractivity contribution in [2.75, 3.05) is 64.5 Å². The van der Waals surface area contributed by atoms with E-state index in [1.807, 2.05) is 18.2 Å². The molecule has 2 bridgehead atoms. The number of nitrogens with zero attached hydrogens (tertiary/aromatic N) is 3. The molecule has 2 fully saturated rings. The Hall–Kier alpha value is -3.15.